The smallest absolute Gasteiger partial charge is 0.317 e. The fourth-order valence-corrected chi connectivity index (χ4v) is 2.02. The van der Waals surface area contributed by atoms with Gasteiger partial charge in [0.1, 0.15) is 17.3 Å². The normalized spacial score (nSPS) is 10.1. The summed E-state index contributed by atoms with van der Waals surface area (Å²) in [4.78, 5) is 11.6. The van der Waals surface area contributed by atoms with Crippen molar-refractivity contribution in [3.05, 3.63) is 59.9 Å². The molecule has 0 aliphatic rings. The Morgan fingerprint density at radius 2 is 1.58 bits per heavy atom. The minimum Gasteiger partial charge on any atom is -0.494 e. The van der Waals surface area contributed by atoms with E-state index in [1.165, 1.54) is 12.1 Å². The number of ether oxygens (including phenoxy) is 2. The lowest BCUT2D eigenvalue weighted by molar-refractivity contribution is 0.224. The van der Waals surface area contributed by atoms with Crippen molar-refractivity contribution in [2.75, 3.05) is 19.9 Å². The van der Waals surface area contributed by atoms with Crippen LogP contribution in [0.3, 0.4) is 0 Å². The minimum absolute atomic E-state index is 0.0658. The Kier molecular flexibility index (Phi) is 6.89. The van der Waals surface area contributed by atoms with Gasteiger partial charge in [0.2, 0.25) is 0 Å². The molecule has 2 aromatic rings. The largest absolute Gasteiger partial charge is 0.494 e. The standard InChI is InChI=1S/C18H21FN2O3/c1-2-23-16-7-9-17(10-8-16)24-13-21-18(22)20-12-11-14-3-5-15(19)6-4-14/h3-10H,2,11-13H2,1H3,(H2,20,21,22). The van der Waals surface area contributed by atoms with Crippen molar-refractivity contribution in [2.45, 2.75) is 13.3 Å². The van der Waals surface area contributed by atoms with Gasteiger partial charge in [-0.1, -0.05) is 12.1 Å². The van der Waals surface area contributed by atoms with Crippen LogP contribution < -0.4 is 20.1 Å². The van der Waals surface area contributed by atoms with Gasteiger partial charge in [0.15, 0.2) is 6.73 Å². The molecule has 0 heterocycles. The fraction of sp³-hybridized carbons (Fsp3) is 0.278. The van der Waals surface area contributed by atoms with E-state index in [0.29, 0.717) is 25.3 Å². The quantitative estimate of drug-likeness (QED) is 0.730. The van der Waals surface area contributed by atoms with Crippen LogP contribution in [0.4, 0.5) is 9.18 Å². The van der Waals surface area contributed by atoms with Crippen LogP contribution in [0.25, 0.3) is 0 Å². The number of hydrogen-bond acceptors (Lipinski definition) is 3. The van der Waals surface area contributed by atoms with Crippen LogP contribution >= 0.6 is 0 Å². The average Bonchev–Trinajstić information content (AvgIpc) is 2.58. The highest BCUT2D eigenvalue weighted by Crippen LogP contribution is 2.17. The second kappa shape index (κ2) is 9.39. The lowest BCUT2D eigenvalue weighted by atomic mass is 10.1. The number of halogens is 1. The summed E-state index contributed by atoms with van der Waals surface area (Å²) in [5.41, 5.74) is 0.960. The minimum atomic E-state index is -0.317. The summed E-state index contributed by atoms with van der Waals surface area (Å²) in [5, 5.41) is 5.32. The Hall–Kier alpha value is -2.76. The van der Waals surface area contributed by atoms with Crippen LogP contribution in [0.5, 0.6) is 11.5 Å². The number of carbonyl (C=O) groups excluding carboxylic acids is 1. The molecular weight excluding hydrogens is 311 g/mol. The SMILES string of the molecule is CCOc1ccc(OCNC(=O)NCCc2ccc(F)cc2)cc1. The second-order valence-electron chi connectivity index (χ2n) is 5.00. The molecule has 2 aromatic carbocycles. The molecule has 0 aliphatic heterocycles. The number of nitrogens with one attached hydrogen (secondary N) is 2. The van der Waals surface area contributed by atoms with Gasteiger partial charge in [-0.3, -0.25) is 0 Å². The maximum Gasteiger partial charge on any atom is 0.317 e. The molecule has 0 fully saturated rings. The fourth-order valence-electron chi connectivity index (χ4n) is 2.02. The van der Waals surface area contributed by atoms with Gasteiger partial charge in [0, 0.05) is 6.54 Å². The summed E-state index contributed by atoms with van der Waals surface area (Å²) in [7, 11) is 0. The highest BCUT2D eigenvalue weighted by Gasteiger charge is 2.01. The lowest BCUT2D eigenvalue weighted by Crippen LogP contribution is -2.38. The highest BCUT2D eigenvalue weighted by atomic mass is 19.1. The second-order valence-corrected chi connectivity index (χ2v) is 5.00. The molecule has 2 rings (SSSR count). The molecule has 0 bridgehead atoms. The molecule has 0 aliphatic carbocycles. The zero-order valence-corrected chi connectivity index (χ0v) is 13.5. The topological polar surface area (TPSA) is 59.6 Å². The van der Waals surface area contributed by atoms with Crippen molar-refractivity contribution in [3.8, 4) is 11.5 Å². The van der Waals surface area contributed by atoms with Gasteiger partial charge in [-0.2, -0.15) is 0 Å². The van der Waals surface area contributed by atoms with Crippen LogP contribution in [-0.2, 0) is 6.42 Å². The molecule has 0 aromatic heterocycles. The summed E-state index contributed by atoms with van der Waals surface area (Å²) in [5.74, 6) is 1.15. The van der Waals surface area contributed by atoms with Crippen molar-refractivity contribution in [3.63, 3.8) is 0 Å². The first kappa shape index (κ1) is 17.6. The van der Waals surface area contributed by atoms with Gasteiger partial charge in [-0.25, -0.2) is 9.18 Å². The van der Waals surface area contributed by atoms with Crippen molar-refractivity contribution in [1.29, 1.82) is 0 Å². The molecule has 0 saturated carbocycles. The van der Waals surface area contributed by atoms with E-state index in [9.17, 15) is 9.18 Å². The number of carbonyl (C=O) groups is 1. The van der Waals surface area contributed by atoms with Gasteiger partial charge >= 0.3 is 6.03 Å². The molecule has 0 unspecified atom stereocenters. The van der Waals surface area contributed by atoms with E-state index in [-0.39, 0.29) is 18.6 Å². The van der Waals surface area contributed by atoms with E-state index in [1.54, 1.807) is 24.3 Å². The number of hydrogen-bond donors (Lipinski definition) is 2. The van der Waals surface area contributed by atoms with Crippen molar-refractivity contribution < 1.29 is 18.7 Å². The molecule has 5 nitrogen and oxygen atoms in total. The highest BCUT2D eigenvalue weighted by molar-refractivity contribution is 5.73. The molecule has 2 N–H and O–H groups in total. The van der Waals surface area contributed by atoms with E-state index in [2.05, 4.69) is 10.6 Å². The van der Waals surface area contributed by atoms with E-state index < -0.39 is 0 Å². The van der Waals surface area contributed by atoms with Crippen LogP contribution in [0.15, 0.2) is 48.5 Å². The molecular formula is C18H21FN2O3. The predicted molar refractivity (Wildman–Crippen MR) is 89.7 cm³/mol. The predicted octanol–water partition coefficient (Wildman–Crippen LogP) is 3.10. The molecule has 6 heteroatoms. The van der Waals surface area contributed by atoms with Gasteiger partial charge in [0.05, 0.1) is 6.61 Å². The number of urea groups is 1. The van der Waals surface area contributed by atoms with Crippen LogP contribution in [0.2, 0.25) is 0 Å². The first-order valence-corrected chi connectivity index (χ1v) is 7.79. The summed E-state index contributed by atoms with van der Waals surface area (Å²) < 4.78 is 23.5. The monoisotopic (exact) mass is 332 g/mol. The maximum atomic E-state index is 12.8. The summed E-state index contributed by atoms with van der Waals surface area (Å²) in [6.45, 7) is 3.06. The average molecular weight is 332 g/mol. The zero-order chi connectivity index (χ0) is 17.2. The number of benzene rings is 2. The number of rotatable bonds is 8. The Morgan fingerprint density at radius 3 is 2.21 bits per heavy atom. The molecule has 0 saturated heterocycles. The first-order chi connectivity index (χ1) is 11.7. The molecule has 128 valence electrons. The lowest BCUT2D eigenvalue weighted by Gasteiger charge is -2.10. The first-order valence-electron chi connectivity index (χ1n) is 7.79. The third-order valence-electron chi connectivity index (χ3n) is 3.22. The Labute approximate surface area is 140 Å². The molecule has 0 spiro atoms. The van der Waals surface area contributed by atoms with Crippen molar-refractivity contribution in [2.24, 2.45) is 0 Å². The van der Waals surface area contributed by atoms with E-state index in [0.717, 1.165) is 11.3 Å². The molecule has 24 heavy (non-hydrogen) atoms. The molecule has 0 atom stereocenters. The molecule has 2 amide bonds. The van der Waals surface area contributed by atoms with Crippen LogP contribution in [0.1, 0.15) is 12.5 Å². The summed E-state index contributed by atoms with van der Waals surface area (Å²) in [6.07, 6.45) is 0.632. The summed E-state index contributed by atoms with van der Waals surface area (Å²) >= 11 is 0. The van der Waals surface area contributed by atoms with Gasteiger partial charge < -0.3 is 20.1 Å². The number of amides is 2. The zero-order valence-electron chi connectivity index (χ0n) is 13.5. The summed E-state index contributed by atoms with van der Waals surface area (Å²) in [6, 6.07) is 13.1. The van der Waals surface area contributed by atoms with Gasteiger partial charge in [0.25, 0.3) is 0 Å². The van der Waals surface area contributed by atoms with E-state index >= 15 is 0 Å². The van der Waals surface area contributed by atoms with Crippen molar-refractivity contribution >= 4 is 6.03 Å². The Morgan fingerprint density at radius 1 is 0.958 bits per heavy atom. The molecule has 0 radical (unpaired) electrons. The Balaban J connectivity index is 1.61. The van der Waals surface area contributed by atoms with Crippen molar-refractivity contribution in [1.82, 2.24) is 10.6 Å². The van der Waals surface area contributed by atoms with Crippen LogP contribution in [0, 0.1) is 5.82 Å². The van der Waals surface area contributed by atoms with Crippen LogP contribution in [-0.4, -0.2) is 25.9 Å². The third kappa shape index (κ3) is 6.16. The third-order valence-corrected chi connectivity index (χ3v) is 3.22. The maximum absolute atomic E-state index is 12.8. The van der Waals surface area contributed by atoms with Gasteiger partial charge in [-0.05, 0) is 55.3 Å². The van der Waals surface area contributed by atoms with E-state index in [1.807, 2.05) is 19.1 Å². The Bertz CT molecular complexity index is 630. The van der Waals surface area contributed by atoms with E-state index in [4.69, 9.17) is 9.47 Å². The van der Waals surface area contributed by atoms with Gasteiger partial charge in [-0.15, -0.1) is 0 Å².